The van der Waals surface area contributed by atoms with Gasteiger partial charge in [0.25, 0.3) is 0 Å². The van der Waals surface area contributed by atoms with Crippen LogP contribution >= 0.6 is 24.8 Å². The highest BCUT2D eigenvalue weighted by molar-refractivity contribution is 5.97. The number of ether oxygens (including phenoxy) is 1. The van der Waals surface area contributed by atoms with E-state index in [4.69, 9.17) is 4.74 Å². The Bertz CT molecular complexity index is 871. The van der Waals surface area contributed by atoms with Gasteiger partial charge in [-0.05, 0) is 56.2 Å². The highest BCUT2D eigenvalue weighted by Crippen LogP contribution is 2.25. The summed E-state index contributed by atoms with van der Waals surface area (Å²) in [5, 5.41) is 20.0. The number of aliphatic hydroxyl groups excluding tert-OH is 1. The number of hydrogen-bond acceptors (Lipinski definition) is 6. The standard InChI is InChI=1S/C23H30N2O4.2ClH/c1-16-4-5-19(12-17(16)2)25-10-8-24(9-11-25)14-21(28)15-29-23-13-20(27)6-7-22(23)18(3)26;;/h4-7,12-13,21,27-28H,8-11,14-15H2,1-3H3;2*1H. The van der Waals surface area contributed by atoms with Gasteiger partial charge >= 0.3 is 0 Å². The Kier molecular flexibility index (Phi) is 10.6. The first-order chi connectivity index (χ1) is 13.8. The third-order valence-corrected chi connectivity index (χ3v) is 5.47. The zero-order chi connectivity index (χ0) is 21.0. The van der Waals surface area contributed by atoms with Crippen LogP contribution in [0.15, 0.2) is 36.4 Å². The molecule has 1 unspecified atom stereocenters. The Morgan fingerprint density at radius 2 is 1.71 bits per heavy atom. The van der Waals surface area contributed by atoms with Crippen LogP contribution in [-0.2, 0) is 0 Å². The summed E-state index contributed by atoms with van der Waals surface area (Å²) < 4.78 is 5.63. The second-order valence-corrected chi connectivity index (χ2v) is 7.76. The molecule has 0 aromatic heterocycles. The first-order valence-corrected chi connectivity index (χ1v) is 10.0. The minimum Gasteiger partial charge on any atom is -0.508 e. The number of piperazine rings is 1. The highest BCUT2D eigenvalue weighted by atomic mass is 35.5. The van der Waals surface area contributed by atoms with Gasteiger partial charge in [0.2, 0.25) is 0 Å². The average Bonchev–Trinajstić information content (AvgIpc) is 2.69. The van der Waals surface area contributed by atoms with Crippen LogP contribution in [0.2, 0.25) is 0 Å². The van der Waals surface area contributed by atoms with E-state index in [9.17, 15) is 15.0 Å². The number of anilines is 1. The maximum atomic E-state index is 11.7. The van der Waals surface area contributed by atoms with E-state index in [0.29, 0.717) is 17.9 Å². The summed E-state index contributed by atoms with van der Waals surface area (Å²) >= 11 is 0. The fourth-order valence-corrected chi connectivity index (χ4v) is 3.57. The minimum absolute atomic E-state index is 0. The van der Waals surface area contributed by atoms with Crippen LogP contribution in [-0.4, -0.2) is 66.3 Å². The van der Waals surface area contributed by atoms with Gasteiger partial charge in [0.1, 0.15) is 24.2 Å². The van der Waals surface area contributed by atoms with Crippen LogP contribution in [0.25, 0.3) is 0 Å². The third kappa shape index (κ3) is 7.28. The number of β-amino-alcohol motifs (C(OH)–C–C–N with tert-alkyl or cyclic N) is 1. The van der Waals surface area contributed by atoms with Crippen molar-refractivity contribution in [1.82, 2.24) is 4.90 Å². The van der Waals surface area contributed by atoms with Crippen molar-refractivity contribution in [2.75, 3.05) is 44.2 Å². The molecule has 1 saturated heterocycles. The molecule has 1 heterocycles. The molecule has 31 heavy (non-hydrogen) atoms. The van der Waals surface area contributed by atoms with E-state index < -0.39 is 6.10 Å². The first kappa shape index (κ1) is 27.0. The lowest BCUT2D eigenvalue weighted by molar-refractivity contribution is 0.0655. The van der Waals surface area contributed by atoms with Gasteiger partial charge in [-0.3, -0.25) is 9.69 Å². The second kappa shape index (κ2) is 12.2. The Balaban J connectivity index is 0.00000240. The van der Waals surface area contributed by atoms with Crippen LogP contribution < -0.4 is 9.64 Å². The molecular formula is C23H32Cl2N2O4. The number of aryl methyl sites for hydroxylation is 2. The number of halogens is 2. The van der Waals surface area contributed by atoms with Crippen molar-refractivity contribution in [3.05, 3.63) is 53.1 Å². The maximum absolute atomic E-state index is 11.7. The summed E-state index contributed by atoms with van der Waals surface area (Å²) in [6, 6.07) is 11.0. The molecule has 1 aliphatic rings. The number of phenolic OH excluding ortho intramolecular Hbond substituents is 1. The van der Waals surface area contributed by atoms with Crippen molar-refractivity contribution in [3.8, 4) is 11.5 Å². The zero-order valence-electron chi connectivity index (χ0n) is 18.2. The molecule has 1 aliphatic heterocycles. The van der Waals surface area contributed by atoms with E-state index in [-0.39, 0.29) is 43.0 Å². The number of carbonyl (C=O) groups excluding carboxylic acids is 1. The van der Waals surface area contributed by atoms with Crippen LogP contribution in [0.1, 0.15) is 28.4 Å². The molecule has 2 aromatic carbocycles. The molecule has 0 spiro atoms. The average molecular weight is 471 g/mol. The highest BCUT2D eigenvalue weighted by Gasteiger charge is 2.20. The largest absolute Gasteiger partial charge is 0.508 e. The summed E-state index contributed by atoms with van der Waals surface area (Å²) in [5.74, 6) is 0.190. The number of hydrogen-bond donors (Lipinski definition) is 2. The predicted molar refractivity (Wildman–Crippen MR) is 129 cm³/mol. The lowest BCUT2D eigenvalue weighted by Crippen LogP contribution is -2.49. The normalized spacial score (nSPS) is 14.9. The number of aliphatic hydroxyl groups is 1. The van der Waals surface area contributed by atoms with Gasteiger partial charge in [0.15, 0.2) is 5.78 Å². The molecule has 2 N–H and O–H groups in total. The predicted octanol–water partition coefficient (Wildman–Crippen LogP) is 3.62. The van der Waals surface area contributed by atoms with Gasteiger partial charge < -0.3 is 19.8 Å². The number of Topliss-reactive ketones (excluding diaryl/α,β-unsaturated/α-hetero) is 1. The molecule has 172 valence electrons. The molecule has 1 atom stereocenters. The van der Waals surface area contributed by atoms with Crippen molar-refractivity contribution < 1.29 is 19.7 Å². The summed E-state index contributed by atoms with van der Waals surface area (Å²) in [6.45, 7) is 9.85. The van der Waals surface area contributed by atoms with E-state index in [1.807, 2.05) is 0 Å². The molecule has 0 aliphatic carbocycles. The Morgan fingerprint density at radius 3 is 2.32 bits per heavy atom. The topological polar surface area (TPSA) is 73.2 Å². The fraction of sp³-hybridized carbons (Fsp3) is 0.435. The van der Waals surface area contributed by atoms with E-state index in [2.05, 4.69) is 41.8 Å². The number of rotatable bonds is 7. The van der Waals surface area contributed by atoms with Gasteiger partial charge in [0, 0.05) is 44.5 Å². The molecule has 8 heteroatoms. The van der Waals surface area contributed by atoms with Crippen LogP contribution in [0.3, 0.4) is 0 Å². The molecule has 2 aromatic rings. The quantitative estimate of drug-likeness (QED) is 0.602. The van der Waals surface area contributed by atoms with Crippen LogP contribution in [0.4, 0.5) is 5.69 Å². The van der Waals surface area contributed by atoms with E-state index in [0.717, 1.165) is 26.2 Å². The van der Waals surface area contributed by atoms with Crippen molar-refractivity contribution in [3.63, 3.8) is 0 Å². The number of aromatic hydroxyl groups is 1. The van der Waals surface area contributed by atoms with E-state index >= 15 is 0 Å². The summed E-state index contributed by atoms with van der Waals surface area (Å²) in [6.07, 6.45) is -0.676. The number of ketones is 1. The molecule has 0 radical (unpaired) electrons. The monoisotopic (exact) mass is 470 g/mol. The molecule has 3 rings (SSSR count). The summed E-state index contributed by atoms with van der Waals surface area (Å²) in [5.41, 5.74) is 4.25. The molecule has 0 saturated carbocycles. The van der Waals surface area contributed by atoms with Crippen LogP contribution in [0, 0.1) is 13.8 Å². The lowest BCUT2D eigenvalue weighted by atomic mass is 10.1. The summed E-state index contributed by atoms with van der Waals surface area (Å²) in [7, 11) is 0. The Labute approximate surface area is 196 Å². The summed E-state index contributed by atoms with van der Waals surface area (Å²) in [4.78, 5) is 16.3. The SMILES string of the molecule is CC(=O)c1ccc(O)cc1OCC(O)CN1CCN(c2ccc(C)c(C)c2)CC1.Cl.Cl. The lowest BCUT2D eigenvalue weighted by Gasteiger charge is -2.37. The maximum Gasteiger partial charge on any atom is 0.163 e. The van der Waals surface area contributed by atoms with Crippen LogP contribution in [0.5, 0.6) is 11.5 Å². The zero-order valence-corrected chi connectivity index (χ0v) is 19.8. The van der Waals surface area contributed by atoms with Gasteiger partial charge in [-0.15, -0.1) is 24.8 Å². The molecule has 0 amide bonds. The van der Waals surface area contributed by atoms with Gasteiger partial charge in [-0.25, -0.2) is 0 Å². The Morgan fingerprint density at radius 1 is 1.03 bits per heavy atom. The number of nitrogens with zero attached hydrogens (tertiary/aromatic N) is 2. The van der Waals surface area contributed by atoms with Crippen molar-refractivity contribution in [2.24, 2.45) is 0 Å². The van der Waals surface area contributed by atoms with Gasteiger partial charge in [-0.2, -0.15) is 0 Å². The van der Waals surface area contributed by atoms with Crippen molar-refractivity contribution in [2.45, 2.75) is 26.9 Å². The molecule has 0 bridgehead atoms. The number of carbonyl (C=O) groups is 1. The Hall–Kier alpha value is -1.99. The van der Waals surface area contributed by atoms with Gasteiger partial charge in [-0.1, -0.05) is 6.07 Å². The third-order valence-electron chi connectivity index (χ3n) is 5.47. The van der Waals surface area contributed by atoms with Crippen molar-refractivity contribution >= 4 is 36.3 Å². The number of benzene rings is 2. The fourth-order valence-electron chi connectivity index (χ4n) is 3.57. The first-order valence-electron chi connectivity index (χ1n) is 10.0. The minimum atomic E-state index is -0.676. The van der Waals surface area contributed by atoms with E-state index in [1.54, 1.807) is 0 Å². The van der Waals surface area contributed by atoms with Gasteiger partial charge in [0.05, 0.1) is 5.56 Å². The molecule has 6 nitrogen and oxygen atoms in total. The van der Waals surface area contributed by atoms with E-state index in [1.165, 1.54) is 41.9 Å². The van der Waals surface area contributed by atoms with Crippen molar-refractivity contribution in [1.29, 1.82) is 0 Å². The number of phenols is 1. The smallest absolute Gasteiger partial charge is 0.163 e. The molecule has 1 fully saturated rings. The second-order valence-electron chi connectivity index (χ2n) is 7.76. The molecular weight excluding hydrogens is 439 g/mol.